The summed E-state index contributed by atoms with van der Waals surface area (Å²) in [6, 6.07) is 16.0. The van der Waals surface area contributed by atoms with Crippen molar-refractivity contribution in [3.05, 3.63) is 65.2 Å². The molecule has 0 bridgehead atoms. The lowest BCUT2D eigenvalue weighted by Crippen LogP contribution is -2.40. The first kappa shape index (κ1) is 23.7. The second-order valence-corrected chi connectivity index (χ2v) is 10.8. The summed E-state index contributed by atoms with van der Waals surface area (Å²) in [5, 5.41) is 6.72. The Balaban J connectivity index is 1.45. The predicted molar refractivity (Wildman–Crippen MR) is 134 cm³/mol. The van der Waals surface area contributed by atoms with Crippen molar-refractivity contribution in [2.45, 2.75) is 63.8 Å². The number of hydrogen-bond acceptors (Lipinski definition) is 5. The van der Waals surface area contributed by atoms with Crippen LogP contribution in [0.25, 0.3) is 0 Å². The van der Waals surface area contributed by atoms with Gasteiger partial charge >= 0.3 is 6.09 Å². The summed E-state index contributed by atoms with van der Waals surface area (Å²) in [6.45, 7) is 7.55. The molecule has 0 spiro atoms. The summed E-state index contributed by atoms with van der Waals surface area (Å²) >= 11 is 0. The van der Waals surface area contributed by atoms with Gasteiger partial charge in [0, 0.05) is 36.9 Å². The maximum atomic E-state index is 13.2. The zero-order chi connectivity index (χ0) is 24.6. The highest BCUT2D eigenvalue weighted by Gasteiger charge is 2.47. The first-order valence-electron chi connectivity index (χ1n) is 12.6. The van der Waals surface area contributed by atoms with Crippen molar-refractivity contribution in [2.75, 3.05) is 25.0 Å². The van der Waals surface area contributed by atoms with Gasteiger partial charge in [-0.3, -0.25) is 4.79 Å². The molecule has 2 aromatic rings. The van der Waals surface area contributed by atoms with Crippen LogP contribution in [0.5, 0.6) is 0 Å². The van der Waals surface area contributed by atoms with E-state index in [0.717, 1.165) is 37.1 Å². The van der Waals surface area contributed by atoms with Gasteiger partial charge in [0.25, 0.3) is 5.91 Å². The molecule has 2 fully saturated rings. The van der Waals surface area contributed by atoms with Gasteiger partial charge in [-0.1, -0.05) is 30.3 Å². The molecular weight excluding hydrogens is 442 g/mol. The van der Waals surface area contributed by atoms with E-state index in [4.69, 9.17) is 9.47 Å². The van der Waals surface area contributed by atoms with Gasteiger partial charge in [0.05, 0.1) is 18.2 Å². The molecule has 4 atom stereocenters. The van der Waals surface area contributed by atoms with Crippen LogP contribution in [0.1, 0.15) is 73.6 Å². The number of carbonyl (C=O) groups excluding carboxylic acids is 2. The van der Waals surface area contributed by atoms with E-state index in [1.165, 1.54) is 5.56 Å². The number of likely N-dealkylation sites (tertiary alicyclic amines) is 1. The van der Waals surface area contributed by atoms with Crippen LogP contribution in [0.4, 0.5) is 10.5 Å². The molecule has 3 aliphatic rings. The Morgan fingerprint density at radius 3 is 2.66 bits per heavy atom. The molecule has 0 aliphatic carbocycles. The lowest BCUT2D eigenvalue weighted by atomic mass is 9.79. The Hall–Kier alpha value is -3.06. The van der Waals surface area contributed by atoms with Crippen molar-refractivity contribution in [1.82, 2.24) is 10.2 Å². The van der Waals surface area contributed by atoms with Crippen LogP contribution >= 0.6 is 0 Å². The summed E-state index contributed by atoms with van der Waals surface area (Å²) < 4.78 is 11.4. The smallest absolute Gasteiger partial charge is 0.410 e. The van der Waals surface area contributed by atoms with Gasteiger partial charge < -0.3 is 25.0 Å². The number of benzene rings is 2. The Labute approximate surface area is 207 Å². The fourth-order valence-corrected chi connectivity index (χ4v) is 5.55. The summed E-state index contributed by atoms with van der Waals surface area (Å²) in [5.41, 5.74) is 3.13. The van der Waals surface area contributed by atoms with Gasteiger partial charge in [-0.05, 0) is 69.4 Å². The van der Waals surface area contributed by atoms with E-state index in [-0.39, 0.29) is 36.1 Å². The number of anilines is 1. The molecule has 186 valence electrons. The van der Waals surface area contributed by atoms with Crippen molar-refractivity contribution in [3.8, 4) is 0 Å². The normalized spacial score (nSPS) is 25.4. The molecule has 2 amide bonds. The standard InChI is InChI=1S/C28H35N3O4/c1-28(2,3)35-27(33)31-14-13-21-24(18-8-5-4-6-9-18)30-23-12-11-19(16-22(23)25(21)31)26(32)29-17-20-10-7-15-34-20/h4-6,8-9,11-12,16,20-21,24-25,30H,7,10,13-15,17H2,1-3H3,(H,29,32). The summed E-state index contributed by atoms with van der Waals surface area (Å²) in [6.07, 6.45) is 2.65. The van der Waals surface area contributed by atoms with E-state index in [2.05, 4.69) is 22.8 Å². The van der Waals surface area contributed by atoms with Gasteiger partial charge in [-0.2, -0.15) is 0 Å². The first-order valence-corrected chi connectivity index (χ1v) is 12.6. The van der Waals surface area contributed by atoms with E-state index in [1.807, 2.05) is 62.1 Å². The number of nitrogens with zero attached hydrogens (tertiary/aromatic N) is 1. The minimum Gasteiger partial charge on any atom is -0.444 e. The SMILES string of the molecule is CC(C)(C)OC(=O)N1CCC2C(c3ccccc3)Nc3ccc(C(=O)NCC4CCCO4)cc3C21. The average molecular weight is 478 g/mol. The van der Waals surface area contributed by atoms with Crippen molar-refractivity contribution >= 4 is 17.7 Å². The highest BCUT2D eigenvalue weighted by molar-refractivity contribution is 5.95. The fraction of sp³-hybridized carbons (Fsp3) is 0.500. The number of carbonyl (C=O) groups is 2. The molecule has 3 aliphatic heterocycles. The zero-order valence-corrected chi connectivity index (χ0v) is 20.8. The Bertz CT molecular complexity index is 1080. The third kappa shape index (κ3) is 5.01. The molecule has 7 heteroatoms. The summed E-state index contributed by atoms with van der Waals surface area (Å²) in [5.74, 6) is 0.0504. The molecule has 0 radical (unpaired) electrons. The van der Waals surface area contributed by atoms with E-state index < -0.39 is 5.60 Å². The van der Waals surface area contributed by atoms with Crippen molar-refractivity contribution < 1.29 is 19.1 Å². The fourth-order valence-electron chi connectivity index (χ4n) is 5.55. The molecular formula is C28H35N3O4. The van der Waals surface area contributed by atoms with E-state index in [1.54, 1.807) is 0 Å². The number of amides is 2. The van der Waals surface area contributed by atoms with Gasteiger partial charge in [0.1, 0.15) is 5.60 Å². The van der Waals surface area contributed by atoms with Gasteiger partial charge in [-0.25, -0.2) is 4.79 Å². The maximum Gasteiger partial charge on any atom is 0.410 e. The largest absolute Gasteiger partial charge is 0.444 e. The van der Waals surface area contributed by atoms with E-state index in [0.29, 0.717) is 18.7 Å². The van der Waals surface area contributed by atoms with Gasteiger partial charge in [0.15, 0.2) is 0 Å². The molecule has 35 heavy (non-hydrogen) atoms. The second-order valence-electron chi connectivity index (χ2n) is 10.8. The van der Waals surface area contributed by atoms with E-state index in [9.17, 15) is 9.59 Å². The molecule has 3 heterocycles. The third-order valence-corrected chi connectivity index (χ3v) is 7.12. The number of fused-ring (bicyclic) bond motifs is 3. The topological polar surface area (TPSA) is 79.9 Å². The Morgan fingerprint density at radius 2 is 1.94 bits per heavy atom. The van der Waals surface area contributed by atoms with Crippen molar-refractivity contribution in [2.24, 2.45) is 5.92 Å². The minimum absolute atomic E-state index is 0.0697. The van der Waals surface area contributed by atoms with Crippen LogP contribution in [0.3, 0.4) is 0 Å². The number of nitrogens with one attached hydrogen (secondary N) is 2. The third-order valence-electron chi connectivity index (χ3n) is 7.12. The molecule has 0 aromatic heterocycles. The maximum absolute atomic E-state index is 13.2. The zero-order valence-electron chi connectivity index (χ0n) is 20.8. The van der Waals surface area contributed by atoms with Crippen LogP contribution in [0.2, 0.25) is 0 Å². The molecule has 0 saturated carbocycles. The molecule has 4 unspecified atom stereocenters. The van der Waals surface area contributed by atoms with Crippen LogP contribution < -0.4 is 10.6 Å². The molecule has 7 nitrogen and oxygen atoms in total. The minimum atomic E-state index is -0.576. The second kappa shape index (κ2) is 9.53. The summed E-state index contributed by atoms with van der Waals surface area (Å²) in [7, 11) is 0. The van der Waals surface area contributed by atoms with Crippen molar-refractivity contribution in [3.63, 3.8) is 0 Å². The average Bonchev–Trinajstić information content (AvgIpc) is 3.51. The lowest BCUT2D eigenvalue weighted by molar-refractivity contribution is 0.0198. The Morgan fingerprint density at radius 1 is 1.14 bits per heavy atom. The van der Waals surface area contributed by atoms with E-state index >= 15 is 0 Å². The van der Waals surface area contributed by atoms with Gasteiger partial charge in [-0.15, -0.1) is 0 Å². The highest BCUT2D eigenvalue weighted by Crippen LogP contribution is 2.51. The Kier molecular flexibility index (Phi) is 6.45. The van der Waals surface area contributed by atoms with Crippen LogP contribution in [0.15, 0.2) is 48.5 Å². The number of ether oxygens (including phenoxy) is 2. The monoisotopic (exact) mass is 477 g/mol. The van der Waals surface area contributed by atoms with Crippen molar-refractivity contribution in [1.29, 1.82) is 0 Å². The quantitative estimate of drug-likeness (QED) is 0.643. The molecule has 2 N–H and O–H groups in total. The number of rotatable bonds is 4. The van der Waals surface area contributed by atoms with Crippen LogP contribution in [-0.2, 0) is 9.47 Å². The van der Waals surface area contributed by atoms with Crippen LogP contribution in [-0.4, -0.2) is 48.3 Å². The first-order chi connectivity index (χ1) is 16.8. The number of hydrogen-bond donors (Lipinski definition) is 2. The predicted octanol–water partition coefficient (Wildman–Crippen LogP) is 5.06. The molecule has 2 aromatic carbocycles. The molecule has 2 saturated heterocycles. The van der Waals surface area contributed by atoms with Gasteiger partial charge in [0.2, 0.25) is 0 Å². The highest BCUT2D eigenvalue weighted by atomic mass is 16.6. The summed E-state index contributed by atoms with van der Waals surface area (Å²) in [4.78, 5) is 28.0. The lowest BCUT2D eigenvalue weighted by Gasteiger charge is -2.40. The van der Waals surface area contributed by atoms with Crippen LogP contribution in [0, 0.1) is 5.92 Å². The molecule has 5 rings (SSSR count).